The highest BCUT2D eigenvalue weighted by atomic mass is 35.5. The van der Waals surface area contributed by atoms with Gasteiger partial charge in [-0.15, -0.1) is 0 Å². The van der Waals surface area contributed by atoms with Gasteiger partial charge in [0.05, 0.1) is 5.69 Å². The first-order valence-corrected chi connectivity index (χ1v) is 8.05. The van der Waals surface area contributed by atoms with Crippen LogP contribution in [-0.4, -0.2) is 11.0 Å². The van der Waals surface area contributed by atoms with Gasteiger partial charge < -0.3 is 5.32 Å². The van der Waals surface area contributed by atoms with Crippen LogP contribution in [0.4, 0.5) is 0 Å². The number of nitrogens with zero attached hydrogens (tertiary/aromatic N) is 1. The van der Waals surface area contributed by atoms with Crippen LogP contribution in [0.2, 0.25) is 5.02 Å². The van der Waals surface area contributed by atoms with Crippen LogP contribution in [0, 0.1) is 0 Å². The van der Waals surface area contributed by atoms with Gasteiger partial charge in [-0.1, -0.05) is 35.9 Å². The number of hydrogen-bond acceptors (Lipinski definition) is 2. The molecular formula is C18H21ClN2. The summed E-state index contributed by atoms with van der Waals surface area (Å²) in [5.41, 5.74) is 3.83. The lowest BCUT2D eigenvalue weighted by Crippen LogP contribution is -2.34. The second-order valence-electron chi connectivity index (χ2n) is 5.86. The Bertz CT molecular complexity index is 612. The first-order valence-electron chi connectivity index (χ1n) is 7.67. The topological polar surface area (TPSA) is 24.9 Å². The normalized spacial score (nSPS) is 19.0. The fourth-order valence-electron chi connectivity index (χ4n) is 3.17. The molecular weight excluding hydrogens is 280 g/mol. The van der Waals surface area contributed by atoms with Crippen LogP contribution in [0.3, 0.4) is 0 Å². The molecule has 1 heterocycles. The molecule has 0 bridgehead atoms. The van der Waals surface area contributed by atoms with Gasteiger partial charge in [0.1, 0.15) is 0 Å². The van der Waals surface area contributed by atoms with Gasteiger partial charge in [-0.3, -0.25) is 4.98 Å². The molecule has 2 atom stereocenters. The van der Waals surface area contributed by atoms with Crippen molar-refractivity contribution in [3.63, 3.8) is 0 Å². The van der Waals surface area contributed by atoms with Crippen molar-refractivity contribution in [3.05, 3.63) is 64.4 Å². The fraction of sp³-hybridized carbons (Fsp3) is 0.389. The fourth-order valence-corrected chi connectivity index (χ4v) is 3.38. The highest BCUT2D eigenvalue weighted by molar-refractivity contribution is 6.31. The molecule has 1 aromatic heterocycles. The Morgan fingerprint density at radius 2 is 2.14 bits per heavy atom. The Kier molecular flexibility index (Phi) is 4.57. The third-order valence-electron chi connectivity index (χ3n) is 4.16. The number of halogens is 1. The molecule has 0 aliphatic heterocycles. The molecule has 2 aromatic rings. The van der Waals surface area contributed by atoms with E-state index in [1.165, 1.54) is 23.2 Å². The summed E-state index contributed by atoms with van der Waals surface area (Å²) in [6, 6.07) is 13.1. The third-order valence-corrected chi connectivity index (χ3v) is 4.53. The molecule has 0 fully saturated rings. The SMILES string of the molecule is CC(Cc1ccccc1Cl)NC1CCCc2cccnc21. The molecule has 2 nitrogen and oxygen atoms in total. The second-order valence-corrected chi connectivity index (χ2v) is 6.26. The smallest absolute Gasteiger partial charge is 0.0605 e. The summed E-state index contributed by atoms with van der Waals surface area (Å²) in [5, 5.41) is 4.58. The van der Waals surface area contributed by atoms with Gasteiger partial charge in [-0.25, -0.2) is 0 Å². The molecule has 0 amide bonds. The molecule has 0 spiro atoms. The van der Waals surface area contributed by atoms with E-state index in [-0.39, 0.29) is 0 Å². The zero-order valence-corrected chi connectivity index (χ0v) is 13.1. The van der Waals surface area contributed by atoms with Crippen molar-refractivity contribution in [2.24, 2.45) is 0 Å². The first-order chi connectivity index (χ1) is 10.2. The number of pyridine rings is 1. The van der Waals surface area contributed by atoms with Gasteiger partial charge >= 0.3 is 0 Å². The van der Waals surface area contributed by atoms with E-state index in [1.54, 1.807) is 0 Å². The number of benzene rings is 1. The molecule has 3 heteroatoms. The van der Waals surface area contributed by atoms with Crippen molar-refractivity contribution >= 4 is 11.6 Å². The van der Waals surface area contributed by atoms with Crippen LogP contribution in [-0.2, 0) is 12.8 Å². The molecule has 3 rings (SSSR count). The molecule has 1 aliphatic rings. The number of nitrogens with one attached hydrogen (secondary N) is 1. The predicted octanol–water partition coefficient (Wildman–Crippen LogP) is 4.33. The lowest BCUT2D eigenvalue weighted by Gasteiger charge is -2.28. The molecule has 0 radical (unpaired) electrons. The summed E-state index contributed by atoms with van der Waals surface area (Å²) in [4.78, 5) is 4.59. The number of fused-ring (bicyclic) bond motifs is 1. The average Bonchev–Trinajstić information content (AvgIpc) is 2.50. The zero-order valence-electron chi connectivity index (χ0n) is 12.3. The van der Waals surface area contributed by atoms with Crippen molar-refractivity contribution in [2.75, 3.05) is 0 Å². The van der Waals surface area contributed by atoms with Gasteiger partial charge in [-0.05, 0) is 55.9 Å². The Hall–Kier alpha value is -1.38. The highest BCUT2D eigenvalue weighted by Gasteiger charge is 2.22. The van der Waals surface area contributed by atoms with Gasteiger partial charge in [0.25, 0.3) is 0 Å². The molecule has 21 heavy (non-hydrogen) atoms. The maximum absolute atomic E-state index is 6.25. The largest absolute Gasteiger partial charge is 0.306 e. The third kappa shape index (κ3) is 3.45. The van der Waals surface area contributed by atoms with E-state index >= 15 is 0 Å². The number of aromatic nitrogens is 1. The van der Waals surface area contributed by atoms with Crippen LogP contribution in [0.15, 0.2) is 42.6 Å². The molecule has 1 N–H and O–H groups in total. The summed E-state index contributed by atoms with van der Waals surface area (Å²) in [6.45, 7) is 2.22. The molecule has 110 valence electrons. The van der Waals surface area contributed by atoms with Crippen LogP contribution in [0.1, 0.15) is 42.6 Å². The van der Waals surface area contributed by atoms with E-state index in [0.717, 1.165) is 24.3 Å². The number of aryl methyl sites for hydroxylation is 1. The Morgan fingerprint density at radius 3 is 3.00 bits per heavy atom. The molecule has 2 unspecified atom stereocenters. The summed E-state index contributed by atoms with van der Waals surface area (Å²) in [5.74, 6) is 0. The van der Waals surface area contributed by atoms with Gasteiger partial charge in [0.2, 0.25) is 0 Å². The minimum Gasteiger partial charge on any atom is -0.306 e. The summed E-state index contributed by atoms with van der Waals surface area (Å²) in [6.07, 6.45) is 6.39. The number of hydrogen-bond donors (Lipinski definition) is 1. The molecule has 1 aliphatic carbocycles. The maximum atomic E-state index is 6.25. The van der Waals surface area contributed by atoms with E-state index in [4.69, 9.17) is 11.6 Å². The summed E-state index contributed by atoms with van der Waals surface area (Å²) in [7, 11) is 0. The van der Waals surface area contributed by atoms with Crippen LogP contribution in [0.5, 0.6) is 0 Å². The second kappa shape index (κ2) is 6.59. The molecule has 1 aromatic carbocycles. The Labute approximate surface area is 131 Å². The van der Waals surface area contributed by atoms with Crippen molar-refractivity contribution in [1.82, 2.24) is 10.3 Å². The van der Waals surface area contributed by atoms with E-state index < -0.39 is 0 Å². The van der Waals surface area contributed by atoms with Crippen LogP contribution >= 0.6 is 11.6 Å². The lowest BCUT2D eigenvalue weighted by molar-refractivity contribution is 0.399. The average molecular weight is 301 g/mol. The van der Waals surface area contributed by atoms with Crippen LogP contribution < -0.4 is 5.32 Å². The minimum absolute atomic E-state index is 0.368. The quantitative estimate of drug-likeness (QED) is 0.909. The maximum Gasteiger partial charge on any atom is 0.0605 e. The highest BCUT2D eigenvalue weighted by Crippen LogP contribution is 2.28. The van der Waals surface area contributed by atoms with E-state index in [1.807, 2.05) is 30.5 Å². The van der Waals surface area contributed by atoms with Crippen LogP contribution in [0.25, 0.3) is 0 Å². The number of rotatable bonds is 4. The monoisotopic (exact) mass is 300 g/mol. The van der Waals surface area contributed by atoms with Gasteiger partial charge in [0.15, 0.2) is 0 Å². The lowest BCUT2D eigenvalue weighted by atomic mass is 9.91. The van der Waals surface area contributed by atoms with Crippen molar-refractivity contribution in [3.8, 4) is 0 Å². The van der Waals surface area contributed by atoms with Gasteiger partial charge in [-0.2, -0.15) is 0 Å². The molecule has 0 saturated carbocycles. The van der Waals surface area contributed by atoms with Crippen molar-refractivity contribution in [2.45, 2.75) is 44.7 Å². The van der Waals surface area contributed by atoms with Crippen molar-refractivity contribution in [1.29, 1.82) is 0 Å². The summed E-state index contributed by atoms with van der Waals surface area (Å²) >= 11 is 6.25. The van der Waals surface area contributed by atoms with Gasteiger partial charge in [0, 0.05) is 23.3 Å². The Balaban J connectivity index is 1.69. The summed E-state index contributed by atoms with van der Waals surface area (Å²) < 4.78 is 0. The Morgan fingerprint density at radius 1 is 1.29 bits per heavy atom. The molecule has 0 saturated heterocycles. The van der Waals surface area contributed by atoms with E-state index in [2.05, 4.69) is 29.4 Å². The zero-order chi connectivity index (χ0) is 14.7. The minimum atomic E-state index is 0.368. The first kappa shape index (κ1) is 14.6. The van der Waals surface area contributed by atoms with E-state index in [0.29, 0.717) is 12.1 Å². The predicted molar refractivity (Wildman–Crippen MR) is 87.7 cm³/mol. The van der Waals surface area contributed by atoms with Crippen molar-refractivity contribution < 1.29 is 0 Å². The standard InChI is InChI=1S/C18H21ClN2/c1-13(12-15-6-2-3-9-16(15)19)21-17-10-4-7-14-8-5-11-20-18(14)17/h2-3,5-6,8-9,11,13,17,21H,4,7,10,12H2,1H3. The van der Waals surface area contributed by atoms with E-state index in [9.17, 15) is 0 Å².